The lowest BCUT2D eigenvalue weighted by atomic mass is 10.1. The number of benzene rings is 1. The SMILES string of the molecule is O=c1ccn(-c2cncc(F)c2)nc1-c1ccnn1-c1ccnc2ccc(F)cc12. The molecule has 30 heavy (non-hydrogen) atoms. The fraction of sp³-hybridized carbons (Fsp3) is 0. The molecule has 5 rings (SSSR count). The Balaban J connectivity index is 1.71. The number of hydrogen-bond acceptors (Lipinski definition) is 5. The topological polar surface area (TPSA) is 78.5 Å². The zero-order chi connectivity index (χ0) is 20.7. The minimum absolute atomic E-state index is 0.0978. The summed E-state index contributed by atoms with van der Waals surface area (Å²) in [5.41, 5.74) is 1.64. The highest BCUT2D eigenvalue weighted by atomic mass is 19.1. The van der Waals surface area contributed by atoms with Gasteiger partial charge in [-0.15, -0.1) is 0 Å². The molecule has 0 saturated carbocycles. The molecule has 4 heterocycles. The number of aromatic nitrogens is 6. The lowest BCUT2D eigenvalue weighted by molar-refractivity contribution is 0.618. The highest BCUT2D eigenvalue weighted by Crippen LogP contribution is 2.25. The maximum Gasteiger partial charge on any atom is 0.209 e. The molecule has 0 radical (unpaired) electrons. The van der Waals surface area contributed by atoms with Crippen molar-refractivity contribution in [1.29, 1.82) is 0 Å². The minimum Gasteiger partial charge on any atom is -0.287 e. The summed E-state index contributed by atoms with van der Waals surface area (Å²) in [6.07, 6.45) is 7.04. The molecule has 0 fully saturated rings. The van der Waals surface area contributed by atoms with Crippen LogP contribution in [0.4, 0.5) is 8.78 Å². The first-order chi connectivity index (χ1) is 14.6. The van der Waals surface area contributed by atoms with Gasteiger partial charge in [0.25, 0.3) is 0 Å². The molecule has 0 bridgehead atoms. The van der Waals surface area contributed by atoms with E-state index in [0.717, 1.165) is 6.20 Å². The van der Waals surface area contributed by atoms with E-state index >= 15 is 0 Å². The van der Waals surface area contributed by atoms with Gasteiger partial charge in [-0.05, 0) is 30.3 Å². The van der Waals surface area contributed by atoms with Crippen LogP contribution in [0.2, 0.25) is 0 Å². The molecule has 5 aromatic rings. The smallest absolute Gasteiger partial charge is 0.209 e. The maximum atomic E-state index is 13.9. The normalized spacial score (nSPS) is 11.1. The van der Waals surface area contributed by atoms with E-state index in [-0.39, 0.29) is 11.1 Å². The van der Waals surface area contributed by atoms with Crippen molar-refractivity contribution >= 4 is 10.9 Å². The van der Waals surface area contributed by atoms with Gasteiger partial charge in [0, 0.05) is 29.9 Å². The fourth-order valence-electron chi connectivity index (χ4n) is 3.22. The Morgan fingerprint density at radius 1 is 0.900 bits per heavy atom. The molecule has 0 aliphatic rings. The summed E-state index contributed by atoms with van der Waals surface area (Å²) in [7, 11) is 0. The van der Waals surface area contributed by atoms with E-state index in [0.29, 0.717) is 28.0 Å². The molecule has 0 aliphatic heterocycles. The van der Waals surface area contributed by atoms with Crippen LogP contribution in [0.3, 0.4) is 0 Å². The van der Waals surface area contributed by atoms with E-state index in [4.69, 9.17) is 0 Å². The van der Waals surface area contributed by atoms with Crippen LogP contribution in [0.15, 0.2) is 78.2 Å². The van der Waals surface area contributed by atoms with Crippen molar-refractivity contribution in [3.63, 3.8) is 0 Å². The molecular weight excluding hydrogens is 390 g/mol. The predicted molar refractivity (Wildman–Crippen MR) is 105 cm³/mol. The second-order valence-electron chi connectivity index (χ2n) is 6.45. The van der Waals surface area contributed by atoms with Crippen LogP contribution >= 0.6 is 0 Å². The number of pyridine rings is 2. The average molecular weight is 402 g/mol. The van der Waals surface area contributed by atoms with Crippen LogP contribution in [0.25, 0.3) is 33.7 Å². The van der Waals surface area contributed by atoms with E-state index in [1.807, 2.05) is 0 Å². The highest BCUT2D eigenvalue weighted by molar-refractivity contribution is 5.87. The van der Waals surface area contributed by atoms with Crippen molar-refractivity contribution in [2.24, 2.45) is 0 Å². The van der Waals surface area contributed by atoms with Gasteiger partial charge < -0.3 is 0 Å². The molecule has 4 aromatic heterocycles. The van der Waals surface area contributed by atoms with Gasteiger partial charge in [0.1, 0.15) is 11.6 Å². The van der Waals surface area contributed by atoms with Crippen LogP contribution in [0.5, 0.6) is 0 Å². The molecule has 7 nitrogen and oxygen atoms in total. The summed E-state index contributed by atoms with van der Waals surface area (Å²) in [5.74, 6) is -0.936. The number of nitrogens with zero attached hydrogens (tertiary/aromatic N) is 6. The van der Waals surface area contributed by atoms with Gasteiger partial charge in [-0.1, -0.05) is 0 Å². The third-order valence-electron chi connectivity index (χ3n) is 4.56. The van der Waals surface area contributed by atoms with Gasteiger partial charge in [-0.3, -0.25) is 14.8 Å². The first kappa shape index (κ1) is 17.8. The molecular formula is C21H12F2N6O. The monoisotopic (exact) mass is 402 g/mol. The Hall–Kier alpha value is -4.27. The molecule has 0 saturated heterocycles. The molecule has 0 aliphatic carbocycles. The Bertz CT molecular complexity index is 1460. The summed E-state index contributed by atoms with van der Waals surface area (Å²) in [5, 5.41) is 9.20. The van der Waals surface area contributed by atoms with Gasteiger partial charge in [0.15, 0.2) is 5.69 Å². The van der Waals surface area contributed by atoms with E-state index in [9.17, 15) is 13.6 Å². The first-order valence-corrected chi connectivity index (χ1v) is 8.90. The van der Waals surface area contributed by atoms with Crippen molar-refractivity contribution in [1.82, 2.24) is 29.5 Å². The lowest BCUT2D eigenvalue weighted by Gasteiger charge is -2.11. The third-order valence-corrected chi connectivity index (χ3v) is 4.56. The Morgan fingerprint density at radius 2 is 1.80 bits per heavy atom. The number of fused-ring (bicyclic) bond motifs is 1. The van der Waals surface area contributed by atoms with Gasteiger partial charge >= 0.3 is 0 Å². The van der Waals surface area contributed by atoms with E-state index in [1.54, 1.807) is 24.4 Å². The van der Waals surface area contributed by atoms with E-state index < -0.39 is 11.6 Å². The molecule has 0 spiro atoms. The molecule has 0 N–H and O–H groups in total. The van der Waals surface area contributed by atoms with Gasteiger partial charge in [-0.2, -0.15) is 10.2 Å². The van der Waals surface area contributed by atoms with Crippen molar-refractivity contribution in [3.8, 4) is 22.8 Å². The Labute approximate surface area is 167 Å². The molecule has 0 amide bonds. The quantitative estimate of drug-likeness (QED) is 0.463. The van der Waals surface area contributed by atoms with Crippen LogP contribution in [0, 0.1) is 11.6 Å². The standard InChI is InChI=1S/C21H12F2N6O/c22-13-1-2-17-16(10-13)18(3-6-25-17)29-19(4-7-26-29)21-20(30)5-8-28(27-21)15-9-14(23)11-24-12-15/h1-12H. The Kier molecular flexibility index (Phi) is 4.13. The number of rotatable bonds is 3. The summed E-state index contributed by atoms with van der Waals surface area (Å²) >= 11 is 0. The lowest BCUT2D eigenvalue weighted by Crippen LogP contribution is -2.15. The second kappa shape index (κ2) is 6.96. The van der Waals surface area contributed by atoms with Crippen LogP contribution < -0.4 is 5.43 Å². The molecule has 1 aromatic carbocycles. The summed E-state index contributed by atoms with van der Waals surface area (Å²) in [6, 6.07) is 10.1. The highest BCUT2D eigenvalue weighted by Gasteiger charge is 2.16. The van der Waals surface area contributed by atoms with Crippen molar-refractivity contribution < 1.29 is 8.78 Å². The van der Waals surface area contributed by atoms with Gasteiger partial charge in [-0.25, -0.2) is 18.1 Å². The fourth-order valence-corrected chi connectivity index (χ4v) is 3.22. The summed E-state index contributed by atoms with van der Waals surface area (Å²) < 4.78 is 30.3. The molecule has 0 unspecified atom stereocenters. The maximum absolute atomic E-state index is 13.9. The first-order valence-electron chi connectivity index (χ1n) is 8.90. The molecule has 9 heteroatoms. The van der Waals surface area contributed by atoms with Gasteiger partial charge in [0.2, 0.25) is 5.43 Å². The summed E-state index contributed by atoms with van der Waals surface area (Å²) in [4.78, 5) is 20.6. The largest absolute Gasteiger partial charge is 0.287 e. The third kappa shape index (κ3) is 3.02. The minimum atomic E-state index is -0.523. The molecule has 0 atom stereocenters. The van der Waals surface area contributed by atoms with Crippen LogP contribution in [-0.4, -0.2) is 29.5 Å². The predicted octanol–water partition coefficient (Wildman–Crippen LogP) is 3.31. The van der Waals surface area contributed by atoms with Crippen LogP contribution in [-0.2, 0) is 0 Å². The Morgan fingerprint density at radius 3 is 2.67 bits per heavy atom. The number of halogens is 2. The summed E-state index contributed by atoms with van der Waals surface area (Å²) in [6.45, 7) is 0. The van der Waals surface area contributed by atoms with E-state index in [1.165, 1.54) is 52.2 Å². The average Bonchev–Trinajstić information content (AvgIpc) is 3.23. The van der Waals surface area contributed by atoms with Crippen LogP contribution in [0.1, 0.15) is 0 Å². The van der Waals surface area contributed by atoms with Gasteiger partial charge in [0.05, 0.1) is 41.2 Å². The van der Waals surface area contributed by atoms with Crippen molar-refractivity contribution in [2.75, 3.05) is 0 Å². The zero-order valence-electron chi connectivity index (χ0n) is 15.3. The van der Waals surface area contributed by atoms with E-state index in [2.05, 4.69) is 20.2 Å². The zero-order valence-corrected chi connectivity index (χ0v) is 15.3. The second-order valence-corrected chi connectivity index (χ2v) is 6.45. The molecule has 146 valence electrons. The van der Waals surface area contributed by atoms with Crippen molar-refractivity contribution in [2.45, 2.75) is 0 Å². The van der Waals surface area contributed by atoms with Crippen molar-refractivity contribution in [3.05, 3.63) is 95.3 Å². The number of hydrogen-bond donors (Lipinski definition) is 0.